The number of piperidine rings is 1. The summed E-state index contributed by atoms with van der Waals surface area (Å²) in [4.78, 5) is 47.7. The lowest BCUT2D eigenvalue weighted by Gasteiger charge is -2.40. The number of anilines is 2. The summed E-state index contributed by atoms with van der Waals surface area (Å²) < 4.78 is 14.6. The SMILES string of the molecule is CCCc1cnc(N)c(CNC(=S)Nc2ccc3c(c2)sc(=O)n3C2Oc3ccc(-c4nccc(-c5cc6c([nH]5)[C@]5(CCCNC5)CNC6=O)n4)cc3O2)n1. The molecule has 0 radical (unpaired) electrons. The summed E-state index contributed by atoms with van der Waals surface area (Å²) in [5, 5.41) is 13.3. The van der Waals surface area contributed by atoms with Crippen LogP contribution in [0.4, 0.5) is 11.5 Å². The first-order chi connectivity index (χ1) is 26.8. The number of benzene rings is 2. The summed E-state index contributed by atoms with van der Waals surface area (Å²) in [6.07, 6.45) is 6.19. The van der Waals surface area contributed by atoms with Crippen LogP contribution >= 0.6 is 23.6 Å². The van der Waals surface area contributed by atoms with E-state index in [0.717, 1.165) is 71.9 Å². The molecule has 3 aliphatic heterocycles. The Kier molecular flexibility index (Phi) is 8.90. The fraction of sp³-hybridized carbons (Fsp3) is 0.289. The van der Waals surface area contributed by atoms with E-state index in [0.29, 0.717) is 75.1 Å². The van der Waals surface area contributed by atoms with Gasteiger partial charge in [0.1, 0.15) is 11.5 Å². The Hall–Kier alpha value is -5.91. The second-order valence-corrected chi connectivity index (χ2v) is 15.3. The van der Waals surface area contributed by atoms with Crippen LogP contribution in [-0.2, 0) is 18.4 Å². The quantitative estimate of drug-likeness (QED) is 0.117. The van der Waals surface area contributed by atoms with E-state index in [-0.39, 0.29) is 16.2 Å². The van der Waals surface area contributed by atoms with Gasteiger partial charge in [0.15, 0.2) is 22.4 Å². The predicted octanol–water partition coefficient (Wildman–Crippen LogP) is 4.62. The van der Waals surface area contributed by atoms with Crippen LogP contribution in [0.2, 0.25) is 0 Å². The molecule has 9 rings (SSSR count). The third-order valence-electron chi connectivity index (χ3n) is 10.2. The van der Waals surface area contributed by atoms with Gasteiger partial charge in [0.25, 0.3) is 5.91 Å². The summed E-state index contributed by atoms with van der Waals surface area (Å²) in [6, 6.07) is 14.7. The summed E-state index contributed by atoms with van der Waals surface area (Å²) in [7, 11) is 0. The van der Waals surface area contributed by atoms with E-state index >= 15 is 0 Å². The van der Waals surface area contributed by atoms with E-state index in [1.165, 1.54) is 4.57 Å². The highest BCUT2D eigenvalue weighted by molar-refractivity contribution is 7.80. The van der Waals surface area contributed by atoms with Gasteiger partial charge in [-0.05, 0) is 86.6 Å². The molecule has 280 valence electrons. The minimum absolute atomic E-state index is 0.0816. The molecule has 0 aliphatic carbocycles. The van der Waals surface area contributed by atoms with Crippen molar-refractivity contribution >= 4 is 56.3 Å². The number of aromatic amines is 1. The highest BCUT2D eigenvalue weighted by Gasteiger charge is 2.42. The molecule has 0 bridgehead atoms. The van der Waals surface area contributed by atoms with Crippen molar-refractivity contribution in [3.8, 4) is 34.3 Å². The van der Waals surface area contributed by atoms with E-state index < -0.39 is 6.41 Å². The molecular formula is C38H37N11O4S2. The summed E-state index contributed by atoms with van der Waals surface area (Å²) in [5.74, 6) is 1.70. The molecule has 7 N–H and O–H groups in total. The second-order valence-electron chi connectivity index (χ2n) is 13.9. The van der Waals surface area contributed by atoms with Crippen molar-refractivity contribution in [2.75, 3.05) is 30.7 Å². The number of aromatic nitrogens is 6. The van der Waals surface area contributed by atoms with Crippen molar-refractivity contribution in [3.63, 3.8) is 0 Å². The number of nitrogen functional groups attached to an aromatic ring is 1. The number of amides is 1. The number of fused-ring (bicyclic) bond motifs is 4. The van der Waals surface area contributed by atoms with Crippen molar-refractivity contribution < 1.29 is 14.3 Å². The lowest BCUT2D eigenvalue weighted by Crippen LogP contribution is -2.54. The molecule has 1 spiro atoms. The smallest absolute Gasteiger partial charge is 0.335 e. The van der Waals surface area contributed by atoms with E-state index in [1.807, 2.05) is 36.4 Å². The zero-order valence-corrected chi connectivity index (χ0v) is 31.4. The molecule has 1 fully saturated rings. The molecule has 6 aromatic rings. The Balaban J connectivity index is 0.901. The summed E-state index contributed by atoms with van der Waals surface area (Å²) in [6.45, 7) is 4.77. The molecule has 0 saturated carbocycles. The molecule has 1 amide bonds. The highest BCUT2D eigenvalue weighted by atomic mass is 32.1. The number of H-pyrrole nitrogens is 1. The maximum Gasteiger partial charge on any atom is 0.335 e. The highest BCUT2D eigenvalue weighted by Crippen LogP contribution is 2.42. The number of carbonyl (C=O) groups excluding carboxylic acids is 1. The first kappa shape index (κ1) is 34.8. The topological polar surface area (TPSA) is 199 Å². The van der Waals surface area contributed by atoms with Crippen LogP contribution in [0.5, 0.6) is 11.5 Å². The van der Waals surface area contributed by atoms with Gasteiger partial charge in [0.2, 0.25) is 0 Å². The molecule has 17 heteroatoms. The van der Waals surface area contributed by atoms with Crippen molar-refractivity contribution in [1.29, 1.82) is 0 Å². The third kappa shape index (κ3) is 6.53. The maximum atomic E-state index is 13.3. The Labute approximate surface area is 324 Å². The Morgan fingerprint density at radius 3 is 2.84 bits per heavy atom. The second kappa shape index (κ2) is 14.1. The molecule has 1 saturated heterocycles. The van der Waals surface area contributed by atoms with Crippen molar-refractivity contribution in [2.45, 2.75) is 51.0 Å². The number of nitrogens with zero attached hydrogens (tertiary/aromatic N) is 5. The largest absolute Gasteiger partial charge is 0.433 e. The predicted molar refractivity (Wildman–Crippen MR) is 213 cm³/mol. The number of hydrogen-bond acceptors (Lipinski definition) is 12. The number of thiocarbonyl (C=S) groups is 1. The number of thiazole rings is 1. The number of rotatable bonds is 8. The zero-order valence-electron chi connectivity index (χ0n) is 29.8. The molecule has 1 unspecified atom stereocenters. The van der Waals surface area contributed by atoms with Crippen LogP contribution in [0.15, 0.2) is 65.7 Å². The van der Waals surface area contributed by atoms with E-state index in [4.69, 9.17) is 32.4 Å². The van der Waals surface area contributed by atoms with Gasteiger partial charge in [-0.3, -0.25) is 14.6 Å². The number of nitrogens with two attached hydrogens (primary N) is 1. The fourth-order valence-electron chi connectivity index (χ4n) is 7.42. The van der Waals surface area contributed by atoms with Gasteiger partial charge < -0.3 is 41.5 Å². The summed E-state index contributed by atoms with van der Waals surface area (Å²) >= 11 is 6.60. The zero-order chi connectivity index (χ0) is 37.7. The first-order valence-corrected chi connectivity index (χ1v) is 19.3. The van der Waals surface area contributed by atoms with Gasteiger partial charge in [0.05, 0.1) is 45.6 Å². The molecular weight excluding hydrogens is 739 g/mol. The van der Waals surface area contributed by atoms with Crippen LogP contribution < -0.4 is 41.3 Å². The molecule has 3 aliphatic rings. The molecule has 2 atom stereocenters. The van der Waals surface area contributed by atoms with E-state index in [1.54, 1.807) is 24.5 Å². The Bertz CT molecular complexity index is 2540. The average molecular weight is 776 g/mol. The molecule has 2 aromatic carbocycles. The normalized spacial score (nSPS) is 18.6. The lowest BCUT2D eigenvalue weighted by atomic mass is 9.74. The van der Waals surface area contributed by atoms with Gasteiger partial charge in [-0.15, -0.1) is 0 Å². The van der Waals surface area contributed by atoms with Crippen LogP contribution in [0.25, 0.3) is 33.0 Å². The lowest BCUT2D eigenvalue weighted by molar-refractivity contribution is -0.0156. The van der Waals surface area contributed by atoms with Crippen LogP contribution in [-0.4, -0.2) is 60.1 Å². The molecule has 4 aromatic heterocycles. The van der Waals surface area contributed by atoms with Gasteiger partial charge >= 0.3 is 11.3 Å². The first-order valence-electron chi connectivity index (χ1n) is 18.1. The van der Waals surface area contributed by atoms with Crippen molar-refractivity contribution in [1.82, 2.24) is 45.4 Å². The number of carbonyl (C=O) groups is 1. The number of nitrogens with one attached hydrogen (secondary N) is 5. The van der Waals surface area contributed by atoms with Crippen molar-refractivity contribution in [2.24, 2.45) is 0 Å². The number of aryl methyl sites for hydroxylation is 1. The van der Waals surface area contributed by atoms with E-state index in [9.17, 15) is 9.59 Å². The van der Waals surface area contributed by atoms with Gasteiger partial charge in [-0.25, -0.2) is 19.5 Å². The Morgan fingerprint density at radius 2 is 1.98 bits per heavy atom. The fourth-order valence-corrected chi connectivity index (χ4v) is 8.54. The monoisotopic (exact) mass is 775 g/mol. The van der Waals surface area contributed by atoms with E-state index in [2.05, 4.69) is 48.1 Å². The minimum Gasteiger partial charge on any atom is -0.433 e. The standard InChI is InChI=1S/C38H37N11O4S2/c1-2-4-22-16-42-32(39)26(45-22)17-43-35(54)46-21-6-7-27-30(14-21)55-36(51)49(27)37-52-28-8-5-20(13-29(28)53-37)33-41-12-9-24(48-33)25-15-23-31(47-25)38(19-44-34(23)50)10-3-11-40-18-38/h5-9,12-16,37,40,47H,2-4,10-11,17-19H2,1H3,(H2,39,42)(H,44,50)(H2,43,46,54)/t37?,38-/m0/s1. The third-order valence-corrected chi connectivity index (χ3v) is 11.3. The van der Waals surface area contributed by atoms with Gasteiger partial charge in [-0.2, -0.15) is 0 Å². The van der Waals surface area contributed by atoms with Crippen LogP contribution in [0.1, 0.15) is 60.0 Å². The number of hydrogen-bond donors (Lipinski definition) is 6. The maximum absolute atomic E-state index is 13.3. The van der Waals surface area contributed by atoms with Gasteiger partial charge in [0, 0.05) is 41.6 Å². The molecule has 15 nitrogen and oxygen atoms in total. The van der Waals surface area contributed by atoms with Crippen LogP contribution in [0.3, 0.4) is 0 Å². The van der Waals surface area contributed by atoms with Crippen molar-refractivity contribution in [3.05, 3.63) is 93.2 Å². The average Bonchev–Trinajstić information content (AvgIpc) is 3.92. The summed E-state index contributed by atoms with van der Waals surface area (Å²) in [5.41, 5.74) is 12.5. The minimum atomic E-state index is -1.01. The van der Waals surface area contributed by atoms with Crippen LogP contribution in [0, 0.1) is 0 Å². The molecule has 7 heterocycles. The molecule has 55 heavy (non-hydrogen) atoms. The number of ether oxygens (including phenoxy) is 2. The van der Waals surface area contributed by atoms with Gasteiger partial charge in [-0.1, -0.05) is 24.7 Å². The Morgan fingerprint density at radius 1 is 1.09 bits per heavy atom.